The Balaban J connectivity index is 1.39. The molecular formula is C78H86O5. The standard InChI is InChI=1S/C78H86O5/c1-74(2,3)52-36-38-65(79)57(40-52)67(48-28-20-16-21-29-48)59-42-54(76(7,8)9)44-61(71(59)81)69(50-32-24-18-25-33-50)63-46-56(78(13,14)15)47-64(73(63)83)70(51-34-26-19-27-35-51)62-45-55(77(10,11)12)43-60(72(62)82)68(49-30-22-17-23-31-49)58-41-53(75(4,5)6)37-39-66(58)80/h16-47,67-70,79-83H,1-15H3. The van der Waals surface area contributed by atoms with Gasteiger partial charge in [0.05, 0.1) is 0 Å². The molecule has 0 bridgehead atoms. The first-order valence-electron chi connectivity index (χ1n) is 29.4. The molecule has 0 aliphatic rings. The van der Waals surface area contributed by atoms with Crippen LogP contribution in [0.4, 0.5) is 0 Å². The van der Waals surface area contributed by atoms with Crippen molar-refractivity contribution >= 4 is 0 Å². The van der Waals surface area contributed by atoms with E-state index in [1.165, 1.54) is 0 Å². The molecule has 428 valence electrons. The average molecular weight is 1100 g/mol. The molecule has 4 atom stereocenters. The molecule has 5 nitrogen and oxygen atoms in total. The highest BCUT2D eigenvalue weighted by Crippen LogP contribution is 2.54. The van der Waals surface area contributed by atoms with Gasteiger partial charge in [-0.2, -0.15) is 0 Å². The minimum absolute atomic E-state index is 0.0372. The summed E-state index contributed by atoms with van der Waals surface area (Å²) in [5, 5.41) is 65.2. The fourth-order valence-corrected chi connectivity index (χ4v) is 11.9. The Morgan fingerprint density at radius 1 is 0.217 bits per heavy atom. The summed E-state index contributed by atoms with van der Waals surface area (Å²) in [7, 11) is 0. The van der Waals surface area contributed by atoms with Crippen LogP contribution in [0.1, 0.15) is 222 Å². The SMILES string of the molecule is CC(C)(C)c1ccc(O)c(C(c2ccccc2)c2cc(C(C)(C)C)cc(C(c3ccccc3)c3cc(C(C)(C)C)cc(C(c4ccccc4)c4cc(C(C)(C)C)cc(C(c5ccccc5)c5cc(C(C)(C)C)ccc5O)c4O)c3O)c2O)c1. The van der Waals surface area contributed by atoms with Gasteiger partial charge < -0.3 is 25.5 Å². The van der Waals surface area contributed by atoms with Crippen LogP contribution in [0.2, 0.25) is 0 Å². The van der Waals surface area contributed by atoms with Crippen LogP contribution in [0.25, 0.3) is 0 Å². The summed E-state index contributed by atoms with van der Waals surface area (Å²) >= 11 is 0. The fourth-order valence-electron chi connectivity index (χ4n) is 11.9. The van der Waals surface area contributed by atoms with Crippen molar-refractivity contribution in [3.63, 3.8) is 0 Å². The van der Waals surface area contributed by atoms with Crippen molar-refractivity contribution in [2.45, 2.75) is 155 Å². The first kappa shape index (κ1) is 59.6. The summed E-state index contributed by atoms with van der Waals surface area (Å²) in [6.45, 7) is 32.6. The quantitative estimate of drug-likeness (QED) is 0.0785. The zero-order valence-electron chi connectivity index (χ0n) is 51.5. The molecule has 0 spiro atoms. The molecule has 9 rings (SSSR count). The second-order valence-corrected chi connectivity index (χ2v) is 28.2. The van der Waals surface area contributed by atoms with Crippen LogP contribution >= 0.6 is 0 Å². The maximum Gasteiger partial charge on any atom is 0.123 e. The van der Waals surface area contributed by atoms with Gasteiger partial charge in [-0.05, 0) is 89.3 Å². The van der Waals surface area contributed by atoms with Crippen LogP contribution in [0.5, 0.6) is 28.7 Å². The van der Waals surface area contributed by atoms with Crippen molar-refractivity contribution in [3.05, 3.63) is 289 Å². The molecule has 9 aromatic rings. The summed E-state index contributed by atoms with van der Waals surface area (Å²) in [5.74, 6) is -2.21. The Bertz CT molecular complexity index is 3510. The molecule has 0 fully saturated rings. The van der Waals surface area contributed by atoms with Crippen molar-refractivity contribution in [3.8, 4) is 28.7 Å². The molecule has 0 aromatic heterocycles. The fraction of sp³-hybridized carbons (Fsp3) is 0.308. The smallest absolute Gasteiger partial charge is 0.123 e. The Labute approximate surface area is 495 Å². The van der Waals surface area contributed by atoms with E-state index in [-0.39, 0.29) is 39.6 Å². The molecule has 9 aromatic carbocycles. The molecule has 5 heteroatoms. The lowest BCUT2D eigenvalue weighted by atomic mass is 9.71. The second kappa shape index (κ2) is 22.6. The van der Waals surface area contributed by atoms with E-state index in [1.54, 1.807) is 12.1 Å². The lowest BCUT2D eigenvalue weighted by Crippen LogP contribution is -2.19. The number of phenols is 5. The third kappa shape index (κ3) is 12.4. The van der Waals surface area contributed by atoms with Gasteiger partial charge in [-0.15, -0.1) is 0 Å². The Morgan fingerprint density at radius 2 is 0.398 bits per heavy atom. The highest BCUT2D eigenvalue weighted by atomic mass is 16.3. The largest absolute Gasteiger partial charge is 0.508 e. The molecule has 83 heavy (non-hydrogen) atoms. The van der Waals surface area contributed by atoms with E-state index in [1.807, 2.05) is 84.9 Å². The lowest BCUT2D eigenvalue weighted by Gasteiger charge is -2.33. The van der Waals surface area contributed by atoms with Gasteiger partial charge >= 0.3 is 0 Å². The number of benzene rings is 9. The number of hydrogen-bond acceptors (Lipinski definition) is 5. The van der Waals surface area contributed by atoms with Crippen molar-refractivity contribution in [2.75, 3.05) is 0 Å². The van der Waals surface area contributed by atoms with Crippen molar-refractivity contribution < 1.29 is 25.5 Å². The Hall–Kier alpha value is -8.02. The zero-order chi connectivity index (χ0) is 60.1. The highest BCUT2D eigenvalue weighted by Gasteiger charge is 2.37. The van der Waals surface area contributed by atoms with Crippen molar-refractivity contribution in [2.24, 2.45) is 0 Å². The van der Waals surface area contributed by atoms with Gasteiger partial charge in [0.2, 0.25) is 0 Å². The van der Waals surface area contributed by atoms with Crippen LogP contribution in [-0.4, -0.2) is 25.5 Å². The summed E-state index contributed by atoms with van der Waals surface area (Å²) in [6.07, 6.45) is 0. The molecule has 0 heterocycles. The Morgan fingerprint density at radius 3 is 0.590 bits per heavy atom. The van der Waals surface area contributed by atoms with Gasteiger partial charge in [-0.1, -0.05) is 286 Å². The van der Waals surface area contributed by atoms with Crippen LogP contribution in [0.3, 0.4) is 0 Å². The van der Waals surface area contributed by atoms with Crippen LogP contribution in [0, 0.1) is 0 Å². The molecule has 0 aliphatic heterocycles. The molecule has 0 radical (unpaired) electrons. The van der Waals surface area contributed by atoms with Gasteiger partial charge in [0.1, 0.15) is 28.7 Å². The topological polar surface area (TPSA) is 101 Å². The lowest BCUT2D eigenvalue weighted by molar-refractivity contribution is 0.443. The third-order valence-electron chi connectivity index (χ3n) is 16.9. The average Bonchev–Trinajstić information content (AvgIpc) is 1.68. The van der Waals surface area contributed by atoms with Gasteiger partial charge in [-0.3, -0.25) is 0 Å². The highest BCUT2D eigenvalue weighted by molar-refractivity contribution is 5.67. The van der Waals surface area contributed by atoms with E-state index in [4.69, 9.17) is 0 Å². The van der Waals surface area contributed by atoms with E-state index in [0.29, 0.717) is 44.5 Å². The monoisotopic (exact) mass is 1100 g/mol. The maximum atomic E-state index is 13.9. The van der Waals surface area contributed by atoms with Gasteiger partial charge in [0, 0.05) is 68.2 Å². The van der Waals surface area contributed by atoms with Gasteiger partial charge in [0.15, 0.2) is 0 Å². The summed E-state index contributed by atoms with van der Waals surface area (Å²) in [6, 6.07) is 64.8. The normalized spacial score (nSPS) is 14.0. The predicted octanol–water partition coefficient (Wildman–Crippen LogP) is 19.4. The van der Waals surface area contributed by atoms with E-state index in [2.05, 4.69) is 201 Å². The van der Waals surface area contributed by atoms with Gasteiger partial charge in [0.25, 0.3) is 0 Å². The van der Waals surface area contributed by atoms with E-state index >= 15 is 0 Å². The first-order valence-corrected chi connectivity index (χ1v) is 29.4. The number of aromatic hydroxyl groups is 5. The summed E-state index contributed by atoms with van der Waals surface area (Å²) in [5.41, 5.74) is 11.9. The molecule has 0 amide bonds. The second-order valence-electron chi connectivity index (χ2n) is 28.2. The molecule has 0 saturated heterocycles. The molecule has 4 unspecified atom stereocenters. The molecular weight excluding hydrogens is 1020 g/mol. The number of phenolic OH excluding ortho intramolecular Hbond substituents is 5. The zero-order valence-corrected chi connectivity index (χ0v) is 51.5. The molecule has 0 saturated carbocycles. The molecule has 5 N–H and O–H groups in total. The van der Waals surface area contributed by atoms with E-state index < -0.39 is 39.9 Å². The predicted molar refractivity (Wildman–Crippen MR) is 344 cm³/mol. The number of hydrogen-bond donors (Lipinski definition) is 5. The first-order chi connectivity index (χ1) is 38.9. The van der Waals surface area contributed by atoms with Crippen LogP contribution in [-0.2, 0) is 27.1 Å². The van der Waals surface area contributed by atoms with Crippen molar-refractivity contribution in [1.82, 2.24) is 0 Å². The minimum atomic E-state index is -0.730. The van der Waals surface area contributed by atoms with Crippen molar-refractivity contribution in [1.29, 1.82) is 0 Å². The summed E-state index contributed by atoms with van der Waals surface area (Å²) in [4.78, 5) is 0. The van der Waals surface area contributed by atoms with Crippen LogP contribution < -0.4 is 0 Å². The van der Waals surface area contributed by atoms with Gasteiger partial charge in [-0.25, -0.2) is 0 Å². The number of rotatable bonds is 12. The maximum absolute atomic E-state index is 13.9. The van der Waals surface area contributed by atoms with E-state index in [9.17, 15) is 25.5 Å². The Kier molecular flexibility index (Phi) is 16.2. The minimum Gasteiger partial charge on any atom is -0.508 e. The summed E-state index contributed by atoms with van der Waals surface area (Å²) < 4.78 is 0. The molecule has 0 aliphatic carbocycles. The van der Waals surface area contributed by atoms with E-state index in [0.717, 1.165) is 50.1 Å². The van der Waals surface area contributed by atoms with Crippen LogP contribution in [0.15, 0.2) is 194 Å². The third-order valence-corrected chi connectivity index (χ3v) is 16.9.